The minimum absolute atomic E-state index is 0.356. The van der Waals surface area contributed by atoms with Crippen molar-refractivity contribution in [2.45, 2.75) is 0 Å². The van der Waals surface area contributed by atoms with Gasteiger partial charge in [-0.25, -0.2) is 4.98 Å². The molecule has 7 nitrogen and oxygen atoms in total. The fraction of sp³-hybridized carbons (Fsp3) is 0.0588. The van der Waals surface area contributed by atoms with E-state index in [0.717, 1.165) is 16.8 Å². The van der Waals surface area contributed by atoms with Crippen molar-refractivity contribution < 1.29 is 9.26 Å². The molecule has 0 fully saturated rings. The molecule has 25 heavy (non-hydrogen) atoms. The topological polar surface area (TPSA) is 89.7 Å². The molecule has 0 unspecified atom stereocenters. The summed E-state index contributed by atoms with van der Waals surface area (Å²) in [6.07, 6.45) is 3.26. The maximum atomic E-state index is 6.07. The molecule has 0 amide bonds. The molecule has 4 rings (SSSR count). The third-order valence-electron chi connectivity index (χ3n) is 3.61. The monoisotopic (exact) mass is 353 g/mol. The number of nitrogens with one attached hydrogen (secondary N) is 1. The number of halogens is 1. The number of ether oxygens (including phenoxy) is 1. The second-order valence-corrected chi connectivity index (χ2v) is 5.62. The third-order valence-corrected chi connectivity index (χ3v) is 3.85. The zero-order chi connectivity index (χ0) is 17.2. The van der Waals surface area contributed by atoms with Crippen LogP contribution in [0.25, 0.3) is 34.1 Å². The lowest BCUT2D eigenvalue weighted by Crippen LogP contribution is -1.88. The molecule has 1 N–H and O–H groups in total. The minimum Gasteiger partial charge on any atom is -0.481 e. The molecule has 8 heteroatoms. The summed E-state index contributed by atoms with van der Waals surface area (Å²) in [5.74, 6) is 1.27. The van der Waals surface area contributed by atoms with Gasteiger partial charge in [0.25, 0.3) is 5.89 Å². The maximum absolute atomic E-state index is 6.07. The van der Waals surface area contributed by atoms with Crippen molar-refractivity contribution in [1.82, 2.24) is 25.3 Å². The van der Waals surface area contributed by atoms with Crippen LogP contribution in [0.3, 0.4) is 0 Å². The molecule has 0 spiro atoms. The van der Waals surface area contributed by atoms with Crippen LogP contribution in [0.5, 0.6) is 5.88 Å². The first-order valence-corrected chi connectivity index (χ1v) is 7.76. The lowest BCUT2D eigenvalue weighted by molar-refractivity contribution is 0.398. The summed E-state index contributed by atoms with van der Waals surface area (Å²) in [5, 5.41) is 11.7. The van der Waals surface area contributed by atoms with Gasteiger partial charge < -0.3 is 9.26 Å². The summed E-state index contributed by atoms with van der Waals surface area (Å²) in [7, 11) is 1.55. The maximum Gasteiger partial charge on any atom is 0.262 e. The highest BCUT2D eigenvalue weighted by molar-refractivity contribution is 6.30. The second kappa shape index (κ2) is 6.37. The van der Waals surface area contributed by atoms with Crippen molar-refractivity contribution in [3.8, 4) is 40.0 Å². The fourth-order valence-corrected chi connectivity index (χ4v) is 2.61. The van der Waals surface area contributed by atoms with Crippen LogP contribution in [0.15, 0.2) is 53.3 Å². The summed E-state index contributed by atoms with van der Waals surface area (Å²) in [6, 6.07) is 11.0. The van der Waals surface area contributed by atoms with E-state index < -0.39 is 0 Å². The van der Waals surface area contributed by atoms with E-state index in [-0.39, 0.29) is 0 Å². The Morgan fingerprint density at radius 1 is 1.16 bits per heavy atom. The van der Waals surface area contributed by atoms with Crippen molar-refractivity contribution in [2.75, 3.05) is 7.11 Å². The molecule has 0 aliphatic carbocycles. The average Bonchev–Trinajstić information content (AvgIpc) is 3.31. The van der Waals surface area contributed by atoms with Gasteiger partial charge in [0.1, 0.15) is 0 Å². The largest absolute Gasteiger partial charge is 0.481 e. The van der Waals surface area contributed by atoms with E-state index in [2.05, 4.69) is 25.3 Å². The molecule has 0 aliphatic heterocycles. The number of benzene rings is 1. The van der Waals surface area contributed by atoms with Gasteiger partial charge in [-0.3, -0.25) is 5.10 Å². The Balaban J connectivity index is 1.73. The van der Waals surface area contributed by atoms with Crippen LogP contribution in [0.4, 0.5) is 0 Å². The van der Waals surface area contributed by atoms with Crippen molar-refractivity contribution in [3.05, 3.63) is 53.8 Å². The van der Waals surface area contributed by atoms with Gasteiger partial charge in [-0.1, -0.05) is 28.9 Å². The van der Waals surface area contributed by atoms with E-state index in [1.807, 2.05) is 24.3 Å². The molecule has 0 saturated carbocycles. The van der Waals surface area contributed by atoms with Crippen LogP contribution in [-0.4, -0.2) is 32.4 Å². The fourth-order valence-electron chi connectivity index (χ4n) is 2.42. The van der Waals surface area contributed by atoms with Gasteiger partial charge in [0.15, 0.2) is 0 Å². The zero-order valence-corrected chi connectivity index (χ0v) is 13.9. The number of rotatable bonds is 4. The summed E-state index contributed by atoms with van der Waals surface area (Å²) in [6.45, 7) is 0. The smallest absolute Gasteiger partial charge is 0.262 e. The van der Waals surface area contributed by atoms with E-state index in [1.54, 1.807) is 31.6 Å². The van der Waals surface area contributed by atoms with Crippen molar-refractivity contribution in [1.29, 1.82) is 0 Å². The summed E-state index contributed by atoms with van der Waals surface area (Å²) in [5.41, 5.74) is 3.08. The third kappa shape index (κ3) is 2.97. The quantitative estimate of drug-likeness (QED) is 0.599. The van der Waals surface area contributed by atoms with Gasteiger partial charge in [0.2, 0.25) is 11.7 Å². The predicted molar refractivity (Wildman–Crippen MR) is 92.1 cm³/mol. The Bertz CT molecular complexity index is 1030. The first-order chi connectivity index (χ1) is 12.2. The molecule has 0 atom stereocenters. The highest BCUT2D eigenvalue weighted by atomic mass is 35.5. The van der Waals surface area contributed by atoms with Gasteiger partial charge in [0, 0.05) is 28.4 Å². The number of hydrogen-bond acceptors (Lipinski definition) is 6. The molecule has 0 saturated heterocycles. The predicted octanol–water partition coefficient (Wildman–Crippen LogP) is 3.85. The van der Waals surface area contributed by atoms with Crippen molar-refractivity contribution >= 4 is 11.6 Å². The Kier molecular flexibility index (Phi) is 3.91. The Morgan fingerprint density at radius 2 is 2.08 bits per heavy atom. The highest BCUT2D eigenvalue weighted by Gasteiger charge is 2.17. The van der Waals surface area contributed by atoms with Gasteiger partial charge in [-0.05, 0) is 18.2 Å². The number of hydrogen-bond donors (Lipinski definition) is 1. The first kappa shape index (κ1) is 15.3. The number of H-pyrrole nitrogens is 1. The van der Waals surface area contributed by atoms with Gasteiger partial charge in [-0.2, -0.15) is 10.1 Å². The lowest BCUT2D eigenvalue weighted by Gasteiger charge is -2.00. The van der Waals surface area contributed by atoms with Crippen LogP contribution in [0.2, 0.25) is 5.02 Å². The molecule has 0 radical (unpaired) electrons. The summed E-state index contributed by atoms with van der Waals surface area (Å²) in [4.78, 5) is 8.52. The van der Waals surface area contributed by atoms with Crippen LogP contribution in [0.1, 0.15) is 0 Å². The molecule has 3 aromatic heterocycles. The number of aromatic amines is 1. The average molecular weight is 354 g/mol. The van der Waals surface area contributed by atoms with E-state index >= 15 is 0 Å². The number of aromatic nitrogens is 5. The molecular weight excluding hydrogens is 342 g/mol. The van der Waals surface area contributed by atoms with Crippen molar-refractivity contribution in [2.24, 2.45) is 0 Å². The van der Waals surface area contributed by atoms with Crippen LogP contribution >= 0.6 is 11.6 Å². The normalized spacial score (nSPS) is 10.8. The molecule has 124 valence electrons. The van der Waals surface area contributed by atoms with E-state index in [0.29, 0.717) is 28.2 Å². The Morgan fingerprint density at radius 3 is 2.92 bits per heavy atom. The highest BCUT2D eigenvalue weighted by Crippen LogP contribution is 2.31. The summed E-state index contributed by atoms with van der Waals surface area (Å²) >= 11 is 6.07. The van der Waals surface area contributed by atoms with Crippen LogP contribution in [-0.2, 0) is 0 Å². The molecule has 1 aromatic carbocycles. The van der Waals surface area contributed by atoms with Crippen molar-refractivity contribution in [3.63, 3.8) is 0 Å². The molecular formula is C17H12ClN5O2. The summed E-state index contributed by atoms with van der Waals surface area (Å²) < 4.78 is 10.5. The minimum atomic E-state index is 0.356. The van der Waals surface area contributed by atoms with E-state index in [9.17, 15) is 0 Å². The Labute approximate surface area is 147 Å². The van der Waals surface area contributed by atoms with Crippen LogP contribution in [0, 0.1) is 0 Å². The molecule has 3 heterocycles. The Hall–Kier alpha value is -3.19. The number of nitrogens with zero attached hydrogens (tertiary/aromatic N) is 4. The lowest BCUT2D eigenvalue weighted by atomic mass is 10.1. The van der Waals surface area contributed by atoms with E-state index in [1.165, 1.54) is 0 Å². The standard InChI is InChI=1S/C17H12ClN5O2/c1-24-14-8-11(5-6-19-14)16-21-17(25-23-16)13-9-20-22-15(13)10-3-2-4-12(18)7-10/h2-9H,1H3,(H,20,22). The first-order valence-electron chi connectivity index (χ1n) is 7.38. The SMILES string of the molecule is COc1cc(-c2noc(-c3cn[nH]c3-c3cccc(Cl)c3)n2)ccn1. The van der Waals surface area contributed by atoms with E-state index in [4.69, 9.17) is 20.9 Å². The number of methoxy groups -OCH3 is 1. The molecule has 0 bridgehead atoms. The van der Waals surface area contributed by atoms with Gasteiger partial charge in [0.05, 0.1) is 24.6 Å². The molecule has 0 aliphatic rings. The van der Waals surface area contributed by atoms with Crippen LogP contribution < -0.4 is 4.74 Å². The van der Waals surface area contributed by atoms with Gasteiger partial charge >= 0.3 is 0 Å². The van der Waals surface area contributed by atoms with Gasteiger partial charge in [-0.15, -0.1) is 0 Å². The zero-order valence-electron chi connectivity index (χ0n) is 13.1. The second-order valence-electron chi connectivity index (χ2n) is 5.18. The number of pyridine rings is 1. The molecule has 4 aromatic rings.